The van der Waals surface area contributed by atoms with Gasteiger partial charge < -0.3 is 5.32 Å². The van der Waals surface area contributed by atoms with Gasteiger partial charge in [0.2, 0.25) is 0 Å². The van der Waals surface area contributed by atoms with Crippen molar-refractivity contribution in [3.05, 3.63) is 33.4 Å². The molecule has 2 nitrogen and oxygen atoms in total. The van der Waals surface area contributed by atoms with Crippen LogP contribution < -0.4 is 5.32 Å². The largest absolute Gasteiger partial charge is 0.384 e. The molecule has 0 saturated carbocycles. The maximum absolute atomic E-state index is 4.89. The molecular formula is C15H17BrN2. The number of rotatable bonds is 2. The van der Waals surface area contributed by atoms with Crippen LogP contribution in [-0.4, -0.2) is 11.5 Å². The number of hydrogen-bond donors (Lipinski definition) is 1. The lowest BCUT2D eigenvalue weighted by molar-refractivity contribution is 0.901. The van der Waals surface area contributed by atoms with Gasteiger partial charge in [-0.25, -0.2) is 0 Å². The monoisotopic (exact) mass is 304 g/mol. The Kier molecular flexibility index (Phi) is 3.02. The zero-order valence-electron chi connectivity index (χ0n) is 10.8. The second kappa shape index (κ2) is 4.54. The zero-order chi connectivity index (χ0) is 12.7. The van der Waals surface area contributed by atoms with E-state index in [4.69, 9.17) is 4.98 Å². The molecule has 0 radical (unpaired) electrons. The van der Waals surface area contributed by atoms with E-state index in [1.54, 1.807) is 0 Å². The van der Waals surface area contributed by atoms with Crippen molar-refractivity contribution in [3.8, 4) is 0 Å². The fourth-order valence-electron chi connectivity index (χ4n) is 2.82. The molecule has 3 rings (SSSR count). The van der Waals surface area contributed by atoms with Gasteiger partial charge in [0.25, 0.3) is 0 Å². The number of pyridine rings is 1. The van der Waals surface area contributed by atoms with Crippen molar-refractivity contribution >= 4 is 32.5 Å². The van der Waals surface area contributed by atoms with Gasteiger partial charge in [-0.3, -0.25) is 4.98 Å². The number of benzene rings is 1. The summed E-state index contributed by atoms with van der Waals surface area (Å²) in [5, 5.41) is 4.80. The lowest BCUT2D eigenvalue weighted by atomic mass is 10.0. The maximum atomic E-state index is 4.89. The molecule has 1 aliphatic rings. The van der Waals surface area contributed by atoms with E-state index in [0.717, 1.165) is 29.4 Å². The fraction of sp³-hybridized carbons (Fsp3) is 0.400. The number of aromatic nitrogens is 1. The van der Waals surface area contributed by atoms with Crippen molar-refractivity contribution in [2.75, 3.05) is 11.9 Å². The second-order valence-electron chi connectivity index (χ2n) is 4.86. The van der Waals surface area contributed by atoms with E-state index in [2.05, 4.69) is 47.2 Å². The first-order valence-electron chi connectivity index (χ1n) is 6.56. The maximum Gasteiger partial charge on any atom is 0.0766 e. The quantitative estimate of drug-likeness (QED) is 0.898. The van der Waals surface area contributed by atoms with Gasteiger partial charge in [0.15, 0.2) is 0 Å². The van der Waals surface area contributed by atoms with E-state index in [1.807, 2.05) is 0 Å². The molecule has 2 aromatic rings. The smallest absolute Gasteiger partial charge is 0.0766 e. The molecule has 1 aromatic carbocycles. The summed E-state index contributed by atoms with van der Waals surface area (Å²) in [6.45, 7) is 5.25. The molecule has 94 valence electrons. The summed E-state index contributed by atoms with van der Waals surface area (Å²) in [6.07, 6.45) is 3.52. The predicted molar refractivity (Wildman–Crippen MR) is 80.4 cm³/mol. The van der Waals surface area contributed by atoms with Crippen LogP contribution in [0.25, 0.3) is 10.9 Å². The Hall–Kier alpha value is -1.09. The number of aryl methyl sites for hydroxylation is 2. The normalized spacial score (nSPS) is 13.9. The summed E-state index contributed by atoms with van der Waals surface area (Å²) in [5.41, 5.74) is 6.42. The molecule has 0 fully saturated rings. The third-order valence-corrected chi connectivity index (χ3v) is 4.58. The van der Waals surface area contributed by atoms with Crippen LogP contribution in [0.2, 0.25) is 0 Å². The van der Waals surface area contributed by atoms with Gasteiger partial charge in [-0.1, -0.05) is 15.9 Å². The average Bonchev–Trinajstić information content (AvgIpc) is 2.82. The molecule has 1 heterocycles. The summed E-state index contributed by atoms with van der Waals surface area (Å²) < 4.78 is 1.14. The zero-order valence-corrected chi connectivity index (χ0v) is 12.4. The number of fused-ring (bicyclic) bond motifs is 2. The highest BCUT2D eigenvalue weighted by molar-refractivity contribution is 9.10. The highest BCUT2D eigenvalue weighted by Gasteiger charge is 2.20. The Balaban J connectivity index is 2.37. The molecular weight excluding hydrogens is 288 g/mol. The van der Waals surface area contributed by atoms with E-state index < -0.39 is 0 Å². The first kappa shape index (κ1) is 12.0. The van der Waals surface area contributed by atoms with Crippen LogP contribution in [-0.2, 0) is 12.8 Å². The first-order chi connectivity index (χ1) is 8.72. The van der Waals surface area contributed by atoms with E-state index in [1.165, 1.54) is 34.3 Å². The summed E-state index contributed by atoms with van der Waals surface area (Å²) in [7, 11) is 0. The molecule has 0 aliphatic heterocycles. The number of halogens is 1. The van der Waals surface area contributed by atoms with Crippen molar-refractivity contribution < 1.29 is 0 Å². The first-order valence-corrected chi connectivity index (χ1v) is 7.36. The van der Waals surface area contributed by atoms with Crippen molar-refractivity contribution in [2.45, 2.75) is 33.1 Å². The van der Waals surface area contributed by atoms with Gasteiger partial charge in [-0.2, -0.15) is 0 Å². The lowest BCUT2D eigenvalue weighted by Gasteiger charge is -2.15. The third-order valence-electron chi connectivity index (χ3n) is 3.73. The van der Waals surface area contributed by atoms with Crippen LogP contribution in [0, 0.1) is 6.92 Å². The van der Waals surface area contributed by atoms with Gasteiger partial charge in [-0.15, -0.1) is 0 Å². The topological polar surface area (TPSA) is 24.9 Å². The molecule has 1 aliphatic carbocycles. The number of nitrogens with one attached hydrogen (secondary N) is 1. The van der Waals surface area contributed by atoms with Crippen molar-refractivity contribution in [3.63, 3.8) is 0 Å². The minimum Gasteiger partial charge on any atom is -0.384 e. The van der Waals surface area contributed by atoms with Crippen LogP contribution in [0.3, 0.4) is 0 Å². The minimum absolute atomic E-state index is 0.959. The van der Waals surface area contributed by atoms with Crippen molar-refractivity contribution in [1.82, 2.24) is 4.98 Å². The van der Waals surface area contributed by atoms with Crippen molar-refractivity contribution in [1.29, 1.82) is 0 Å². The summed E-state index contributed by atoms with van der Waals surface area (Å²) in [4.78, 5) is 4.89. The Labute approximate surface area is 116 Å². The van der Waals surface area contributed by atoms with Gasteiger partial charge in [0.05, 0.1) is 5.52 Å². The summed E-state index contributed by atoms with van der Waals surface area (Å²) >= 11 is 3.60. The van der Waals surface area contributed by atoms with Crippen LogP contribution in [0.1, 0.15) is 30.2 Å². The van der Waals surface area contributed by atoms with Crippen LogP contribution in [0.15, 0.2) is 16.6 Å². The number of anilines is 1. The SMILES string of the molecule is CCNc1c2c(nc3c(C)c(Br)ccc13)CCC2. The summed E-state index contributed by atoms with van der Waals surface area (Å²) in [6, 6.07) is 4.30. The Morgan fingerprint density at radius 3 is 2.94 bits per heavy atom. The van der Waals surface area contributed by atoms with Gasteiger partial charge in [0.1, 0.15) is 0 Å². The van der Waals surface area contributed by atoms with Gasteiger partial charge >= 0.3 is 0 Å². The lowest BCUT2D eigenvalue weighted by Crippen LogP contribution is -2.04. The number of nitrogens with zero attached hydrogens (tertiary/aromatic N) is 1. The molecule has 1 N–H and O–H groups in total. The highest BCUT2D eigenvalue weighted by Crippen LogP contribution is 2.36. The van der Waals surface area contributed by atoms with Gasteiger partial charge in [0, 0.05) is 27.8 Å². The molecule has 0 unspecified atom stereocenters. The van der Waals surface area contributed by atoms with Crippen molar-refractivity contribution in [2.24, 2.45) is 0 Å². The molecule has 0 amide bonds. The van der Waals surface area contributed by atoms with Crippen LogP contribution in [0.5, 0.6) is 0 Å². The molecule has 0 atom stereocenters. The number of hydrogen-bond acceptors (Lipinski definition) is 2. The van der Waals surface area contributed by atoms with Gasteiger partial charge in [-0.05, 0) is 56.4 Å². The molecule has 3 heteroatoms. The molecule has 0 bridgehead atoms. The standard InChI is InChI=1S/C15H17BrN2/c1-3-17-15-10-5-4-6-13(10)18-14-9(2)12(16)8-7-11(14)15/h7-8H,3-6H2,1-2H3,(H,17,18). The highest BCUT2D eigenvalue weighted by atomic mass is 79.9. The van der Waals surface area contributed by atoms with E-state index in [9.17, 15) is 0 Å². The van der Waals surface area contributed by atoms with E-state index >= 15 is 0 Å². The predicted octanol–water partition coefficient (Wildman–Crippen LogP) is 4.23. The second-order valence-corrected chi connectivity index (χ2v) is 5.72. The molecule has 18 heavy (non-hydrogen) atoms. The molecule has 0 spiro atoms. The van der Waals surface area contributed by atoms with E-state index in [-0.39, 0.29) is 0 Å². The Bertz CT molecular complexity index is 620. The Morgan fingerprint density at radius 2 is 2.17 bits per heavy atom. The average molecular weight is 305 g/mol. The summed E-state index contributed by atoms with van der Waals surface area (Å²) in [5.74, 6) is 0. The molecule has 0 saturated heterocycles. The fourth-order valence-corrected chi connectivity index (χ4v) is 3.14. The third kappa shape index (κ3) is 1.72. The van der Waals surface area contributed by atoms with E-state index in [0.29, 0.717) is 0 Å². The van der Waals surface area contributed by atoms with Crippen LogP contribution in [0.4, 0.5) is 5.69 Å². The van der Waals surface area contributed by atoms with Crippen LogP contribution >= 0.6 is 15.9 Å². The minimum atomic E-state index is 0.959. The molecule has 1 aromatic heterocycles. The Morgan fingerprint density at radius 1 is 1.33 bits per heavy atom.